The van der Waals surface area contributed by atoms with Gasteiger partial charge in [-0.2, -0.15) is 0 Å². The molecule has 0 N–H and O–H groups in total. The average molecular weight is 163 g/mol. The minimum atomic E-state index is 0.176. The van der Waals surface area contributed by atoms with E-state index in [4.69, 9.17) is 4.74 Å². The maximum atomic E-state index is 5.30. The summed E-state index contributed by atoms with van der Waals surface area (Å²) in [5.41, 5.74) is 1.48. The molecule has 1 aliphatic rings. The van der Waals surface area contributed by atoms with Gasteiger partial charge in [0.05, 0.1) is 12.2 Å². The Morgan fingerprint density at radius 3 is 3.08 bits per heavy atom. The smallest absolute Gasteiger partial charge is 0.0891 e. The molecule has 1 aliphatic heterocycles. The van der Waals surface area contributed by atoms with E-state index in [2.05, 4.69) is 18.0 Å². The van der Waals surface area contributed by atoms with Gasteiger partial charge in [-0.1, -0.05) is 6.07 Å². The number of hydrogen-bond acceptors (Lipinski definition) is 2. The summed E-state index contributed by atoms with van der Waals surface area (Å²) in [4.78, 5) is 4.06. The van der Waals surface area contributed by atoms with Crippen LogP contribution in [0.25, 0.3) is 0 Å². The predicted molar refractivity (Wildman–Crippen MR) is 46.9 cm³/mol. The summed E-state index contributed by atoms with van der Waals surface area (Å²) in [6.07, 6.45) is 5.91. The van der Waals surface area contributed by atoms with Gasteiger partial charge in [0.25, 0.3) is 0 Å². The van der Waals surface area contributed by atoms with Crippen molar-refractivity contribution in [3.8, 4) is 0 Å². The van der Waals surface area contributed by atoms with Gasteiger partial charge >= 0.3 is 0 Å². The number of hydrogen-bond donors (Lipinski definition) is 0. The van der Waals surface area contributed by atoms with Crippen LogP contribution < -0.4 is 0 Å². The highest BCUT2D eigenvalue weighted by molar-refractivity contribution is 5.09. The fourth-order valence-corrected chi connectivity index (χ4v) is 1.22. The lowest BCUT2D eigenvalue weighted by Gasteiger charge is -2.03. The van der Waals surface area contributed by atoms with Crippen molar-refractivity contribution in [3.63, 3.8) is 0 Å². The van der Waals surface area contributed by atoms with Gasteiger partial charge in [-0.15, -0.1) is 0 Å². The molecular formula is C10H13NO. The molecule has 1 fully saturated rings. The molecule has 0 aromatic carbocycles. The van der Waals surface area contributed by atoms with Crippen LogP contribution >= 0.6 is 0 Å². The van der Waals surface area contributed by atoms with Gasteiger partial charge in [0.15, 0.2) is 0 Å². The quantitative estimate of drug-likeness (QED) is 0.635. The Balaban J connectivity index is 1.88. The second-order valence-electron chi connectivity index (χ2n) is 3.60. The Labute approximate surface area is 72.6 Å². The molecule has 1 saturated heterocycles. The normalized spacial score (nSPS) is 27.1. The lowest BCUT2D eigenvalue weighted by molar-refractivity contribution is 0.309. The molecule has 64 valence electrons. The summed E-state index contributed by atoms with van der Waals surface area (Å²) in [7, 11) is 0. The Kier molecular flexibility index (Phi) is 1.85. The molecule has 2 heterocycles. The zero-order valence-corrected chi connectivity index (χ0v) is 7.29. The first-order valence-corrected chi connectivity index (χ1v) is 4.31. The molecule has 1 aromatic rings. The number of ether oxygens (including phenoxy) is 1. The van der Waals surface area contributed by atoms with E-state index < -0.39 is 0 Å². The van der Waals surface area contributed by atoms with Gasteiger partial charge in [-0.3, -0.25) is 4.98 Å². The molecule has 0 spiro atoms. The minimum Gasteiger partial charge on any atom is -0.370 e. The van der Waals surface area contributed by atoms with Crippen molar-refractivity contribution in [2.24, 2.45) is 0 Å². The fraction of sp³-hybridized carbons (Fsp3) is 0.500. The minimum absolute atomic E-state index is 0.176. The second-order valence-corrected chi connectivity index (χ2v) is 3.60. The van der Waals surface area contributed by atoms with Crippen molar-refractivity contribution in [2.45, 2.75) is 25.4 Å². The lowest BCUT2D eigenvalue weighted by atomic mass is 10.0. The predicted octanol–water partition coefficient (Wildman–Crippen LogP) is 1.80. The van der Waals surface area contributed by atoms with E-state index >= 15 is 0 Å². The van der Waals surface area contributed by atoms with Gasteiger partial charge in [-0.25, -0.2) is 0 Å². The van der Waals surface area contributed by atoms with Crippen LogP contribution in [-0.2, 0) is 11.2 Å². The molecule has 1 atom stereocenters. The van der Waals surface area contributed by atoms with Crippen LogP contribution in [-0.4, -0.2) is 17.2 Å². The van der Waals surface area contributed by atoms with Gasteiger partial charge in [0.2, 0.25) is 0 Å². The lowest BCUT2D eigenvalue weighted by Crippen LogP contribution is -2.05. The van der Waals surface area contributed by atoms with Crippen molar-refractivity contribution in [2.75, 3.05) is 6.61 Å². The van der Waals surface area contributed by atoms with Crippen LogP contribution in [0.3, 0.4) is 0 Å². The van der Waals surface area contributed by atoms with Crippen molar-refractivity contribution in [1.29, 1.82) is 0 Å². The topological polar surface area (TPSA) is 25.4 Å². The SMILES string of the molecule is CC1(CCc2cccnc2)CO1. The van der Waals surface area contributed by atoms with Crippen molar-refractivity contribution >= 4 is 0 Å². The van der Waals surface area contributed by atoms with Crippen LogP contribution in [0.2, 0.25) is 0 Å². The summed E-state index contributed by atoms with van der Waals surface area (Å²) in [6, 6.07) is 4.09. The molecule has 0 aliphatic carbocycles. The number of aryl methyl sites for hydroxylation is 1. The zero-order valence-electron chi connectivity index (χ0n) is 7.29. The van der Waals surface area contributed by atoms with Crippen LogP contribution in [0.15, 0.2) is 24.5 Å². The van der Waals surface area contributed by atoms with E-state index in [0.717, 1.165) is 19.4 Å². The van der Waals surface area contributed by atoms with Crippen LogP contribution in [0.1, 0.15) is 18.9 Å². The summed E-state index contributed by atoms with van der Waals surface area (Å²) >= 11 is 0. The molecule has 12 heavy (non-hydrogen) atoms. The molecule has 0 amide bonds. The Morgan fingerprint density at radius 2 is 2.50 bits per heavy atom. The summed E-state index contributed by atoms with van der Waals surface area (Å²) in [5.74, 6) is 0. The average Bonchev–Trinajstić information content (AvgIpc) is 2.84. The molecule has 0 saturated carbocycles. The van der Waals surface area contributed by atoms with E-state index in [1.807, 2.05) is 12.3 Å². The maximum Gasteiger partial charge on any atom is 0.0891 e. The van der Waals surface area contributed by atoms with E-state index in [9.17, 15) is 0 Å². The summed E-state index contributed by atoms with van der Waals surface area (Å²) in [6.45, 7) is 3.08. The van der Waals surface area contributed by atoms with Crippen LogP contribution in [0.4, 0.5) is 0 Å². The Bertz CT molecular complexity index is 254. The third kappa shape index (κ3) is 1.83. The molecule has 2 heteroatoms. The van der Waals surface area contributed by atoms with E-state index in [0.29, 0.717) is 0 Å². The van der Waals surface area contributed by atoms with Gasteiger partial charge in [0, 0.05) is 12.4 Å². The first-order chi connectivity index (χ1) is 5.79. The number of pyridine rings is 1. The largest absolute Gasteiger partial charge is 0.370 e. The highest BCUT2D eigenvalue weighted by Crippen LogP contribution is 2.30. The Hall–Kier alpha value is -0.890. The molecular weight excluding hydrogens is 150 g/mol. The maximum absolute atomic E-state index is 5.30. The van der Waals surface area contributed by atoms with Crippen LogP contribution in [0, 0.1) is 0 Å². The number of rotatable bonds is 3. The summed E-state index contributed by atoms with van der Waals surface area (Å²) in [5, 5.41) is 0. The number of aromatic nitrogens is 1. The zero-order chi connectivity index (χ0) is 8.44. The van der Waals surface area contributed by atoms with E-state index in [-0.39, 0.29) is 5.60 Å². The van der Waals surface area contributed by atoms with Crippen molar-refractivity contribution in [3.05, 3.63) is 30.1 Å². The van der Waals surface area contributed by atoms with Crippen LogP contribution in [0.5, 0.6) is 0 Å². The molecule has 2 rings (SSSR count). The number of epoxide rings is 1. The second kappa shape index (κ2) is 2.87. The monoisotopic (exact) mass is 163 g/mol. The fourth-order valence-electron chi connectivity index (χ4n) is 1.22. The molecule has 1 unspecified atom stereocenters. The Morgan fingerprint density at radius 1 is 1.67 bits per heavy atom. The van der Waals surface area contributed by atoms with E-state index in [1.165, 1.54) is 5.56 Å². The van der Waals surface area contributed by atoms with E-state index in [1.54, 1.807) is 6.20 Å². The van der Waals surface area contributed by atoms with Gasteiger partial charge < -0.3 is 4.74 Å². The van der Waals surface area contributed by atoms with Gasteiger partial charge in [-0.05, 0) is 31.4 Å². The first kappa shape index (κ1) is 7.74. The highest BCUT2D eigenvalue weighted by atomic mass is 16.6. The third-order valence-electron chi connectivity index (χ3n) is 2.30. The van der Waals surface area contributed by atoms with Crippen molar-refractivity contribution in [1.82, 2.24) is 4.98 Å². The summed E-state index contributed by atoms with van der Waals surface area (Å²) < 4.78 is 5.30. The third-order valence-corrected chi connectivity index (χ3v) is 2.30. The molecule has 1 aromatic heterocycles. The first-order valence-electron chi connectivity index (χ1n) is 4.31. The standard InChI is InChI=1S/C10H13NO/c1-10(8-12-10)5-4-9-3-2-6-11-7-9/h2-3,6-7H,4-5,8H2,1H3. The van der Waals surface area contributed by atoms with Crippen molar-refractivity contribution < 1.29 is 4.74 Å². The number of nitrogens with zero attached hydrogens (tertiary/aromatic N) is 1. The molecule has 0 radical (unpaired) electrons. The highest BCUT2D eigenvalue weighted by Gasteiger charge is 2.38. The molecule has 2 nitrogen and oxygen atoms in total. The van der Waals surface area contributed by atoms with Gasteiger partial charge in [0.1, 0.15) is 0 Å². The molecule has 0 bridgehead atoms.